The molecule has 3 aliphatic rings. The quantitative estimate of drug-likeness (QED) is 0.572. The number of aliphatic imine (C=N–C) groups is 2. The first-order chi connectivity index (χ1) is 13.3. The fourth-order valence-corrected chi connectivity index (χ4v) is 4.69. The zero-order valence-electron chi connectivity index (χ0n) is 16.7. The van der Waals surface area contributed by atoms with Gasteiger partial charge in [0.05, 0.1) is 29.5 Å². The average molecular weight is 408 g/mol. The molecule has 0 aromatic heterocycles. The van der Waals surface area contributed by atoms with Gasteiger partial charge in [0.1, 0.15) is 11.7 Å². The van der Waals surface area contributed by atoms with Gasteiger partial charge in [-0.15, -0.1) is 0 Å². The largest absolute Gasteiger partial charge is 0.397 e. The van der Waals surface area contributed by atoms with Crippen LogP contribution in [0.4, 0.5) is 0 Å². The molecule has 0 radical (unpaired) electrons. The van der Waals surface area contributed by atoms with Crippen molar-refractivity contribution in [1.82, 2.24) is 9.21 Å². The molecular formula is C19H29N5O3S. The summed E-state index contributed by atoms with van der Waals surface area (Å²) in [5.74, 6) is 0.128. The minimum absolute atomic E-state index is 0.128. The Hall–Kier alpha value is -1.81. The molecule has 154 valence electrons. The first-order valence-corrected chi connectivity index (χ1v) is 11.2. The number of hydrogen-bond acceptors (Lipinski definition) is 7. The standard InChI is InChI=1S/C19H29N5O3S/c1-4-27-14-17-22-18-15(20)8-9-16-19(18,10-7-11-21-16)24(17)12-5-6-13-28(25,26)23(2)3/h7-11,17H,4-6,12-14,20H2,1-3H3. The van der Waals surface area contributed by atoms with E-state index < -0.39 is 15.6 Å². The monoisotopic (exact) mass is 407 g/mol. The number of unbranched alkanes of at least 4 members (excludes halogenated alkanes) is 1. The van der Waals surface area contributed by atoms with Gasteiger partial charge in [-0.3, -0.25) is 14.9 Å². The smallest absolute Gasteiger partial charge is 0.213 e. The summed E-state index contributed by atoms with van der Waals surface area (Å²) in [5.41, 5.74) is 7.97. The maximum Gasteiger partial charge on any atom is 0.213 e. The summed E-state index contributed by atoms with van der Waals surface area (Å²) in [4.78, 5) is 11.7. The van der Waals surface area contributed by atoms with Gasteiger partial charge in [0.2, 0.25) is 10.0 Å². The van der Waals surface area contributed by atoms with Crippen LogP contribution >= 0.6 is 0 Å². The van der Waals surface area contributed by atoms with E-state index in [-0.39, 0.29) is 11.9 Å². The molecule has 1 aliphatic carbocycles. The molecule has 2 heterocycles. The molecule has 2 N–H and O–H groups in total. The molecule has 3 rings (SSSR count). The molecule has 2 unspecified atom stereocenters. The van der Waals surface area contributed by atoms with Crippen molar-refractivity contribution in [2.45, 2.75) is 31.5 Å². The number of hydrogen-bond donors (Lipinski definition) is 1. The molecular weight excluding hydrogens is 378 g/mol. The molecule has 0 aromatic rings. The molecule has 28 heavy (non-hydrogen) atoms. The lowest BCUT2D eigenvalue weighted by molar-refractivity contribution is 0.0607. The van der Waals surface area contributed by atoms with Crippen LogP contribution in [0.1, 0.15) is 19.8 Å². The first-order valence-electron chi connectivity index (χ1n) is 9.56. The van der Waals surface area contributed by atoms with Gasteiger partial charge in [-0.25, -0.2) is 12.7 Å². The average Bonchev–Trinajstić information content (AvgIpc) is 2.97. The third kappa shape index (κ3) is 3.71. The SMILES string of the molecule is CCOCC1N=C2C(N)=CC=C3N=CC=CC32N1CCCCS(=O)(=O)N(C)C. The fraction of sp³-hybridized carbons (Fsp3) is 0.579. The molecule has 0 amide bonds. The minimum Gasteiger partial charge on any atom is -0.397 e. The van der Waals surface area contributed by atoms with Gasteiger partial charge in [-0.05, 0) is 38.0 Å². The van der Waals surface area contributed by atoms with E-state index in [9.17, 15) is 8.42 Å². The summed E-state index contributed by atoms with van der Waals surface area (Å²) < 4.78 is 31.0. The lowest BCUT2D eigenvalue weighted by atomic mass is 9.81. The van der Waals surface area contributed by atoms with E-state index >= 15 is 0 Å². The number of ether oxygens (including phenoxy) is 1. The number of nitrogens with zero attached hydrogens (tertiary/aromatic N) is 4. The van der Waals surface area contributed by atoms with E-state index in [1.54, 1.807) is 20.3 Å². The van der Waals surface area contributed by atoms with Crippen molar-refractivity contribution in [2.24, 2.45) is 15.7 Å². The number of sulfonamides is 1. The maximum atomic E-state index is 12.0. The van der Waals surface area contributed by atoms with Crippen LogP contribution in [0.3, 0.4) is 0 Å². The lowest BCUT2D eigenvalue weighted by Crippen LogP contribution is -2.56. The summed E-state index contributed by atoms with van der Waals surface area (Å²) in [7, 11) is -0.0723. The second-order valence-corrected chi connectivity index (χ2v) is 9.50. The summed E-state index contributed by atoms with van der Waals surface area (Å²) in [6.07, 6.45) is 10.6. The zero-order valence-corrected chi connectivity index (χ0v) is 17.5. The zero-order chi connectivity index (χ0) is 20.4. The Bertz CT molecular complexity index is 857. The van der Waals surface area contributed by atoms with Gasteiger partial charge in [0.15, 0.2) is 0 Å². The van der Waals surface area contributed by atoms with Crippen molar-refractivity contribution in [3.8, 4) is 0 Å². The van der Waals surface area contributed by atoms with Crippen LogP contribution in [0.25, 0.3) is 0 Å². The number of rotatable bonds is 9. The van der Waals surface area contributed by atoms with Crippen molar-refractivity contribution < 1.29 is 13.2 Å². The molecule has 0 aromatic carbocycles. The second kappa shape index (κ2) is 8.28. The number of dihydropyridines is 1. The molecule has 1 spiro atoms. The van der Waals surface area contributed by atoms with Crippen molar-refractivity contribution in [1.29, 1.82) is 0 Å². The summed E-state index contributed by atoms with van der Waals surface area (Å²) in [6, 6.07) is 0. The summed E-state index contributed by atoms with van der Waals surface area (Å²) >= 11 is 0. The van der Waals surface area contributed by atoms with Gasteiger partial charge in [-0.1, -0.05) is 6.08 Å². The molecule has 0 saturated carbocycles. The predicted octanol–water partition coefficient (Wildman–Crippen LogP) is 0.897. The molecule has 0 saturated heterocycles. The maximum absolute atomic E-state index is 12.0. The van der Waals surface area contributed by atoms with Crippen LogP contribution in [0.5, 0.6) is 0 Å². The van der Waals surface area contributed by atoms with Crippen LogP contribution in [0.2, 0.25) is 0 Å². The van der Waals surface area contributed by atoms with Gasteiger partial charge in [-0.2, -0.15) is 0 Å². The minimum atomic E-state index is -3.20. The van der Waals surface area contributed by atoms with Gasteiger partial charge in [0, 0.05) is 33.5 Å². The Morgan fingerprint density at radius 3 is 2.82 bits per heavy atom. The molecule has 9 heteroatoms. The molecule has 0 fully saturated rings. The Morgan fingerprint density at radius 1 is 1.32 bits per heavy atom. The predicted molar refractivity (Wildman–Crippen MR) is 112 cm³/mol. The van der Waals surface area contributed by atoms with E-state index in [4.69, 9.17) is 15.5 Å². The summed E-state index contributed by atoms with van der Waals surface area (Å²) in [6.45, 7) is 3.67. The van der Waals surface area contributed by atoms with Gasteiger partial charge >= 0.3 is 0 Å². The Kier molecular flexibility index (Phi) is 6.18. The summed E-state index contributed by atoms with van der Waals surface area (Å²) in [5, 5.41) is 0. The Balaban J connectivity index is 1.81. The normalized spacial score (nSPS) is 26.7. The highest BCUT2D eigenvalue weighted by molar-refractivity contribution is 7.89. The second-order valence-electron chi connectivity index (χ2n) is 7.19. The lowest BCUT2D eigenvalue weighted by Gasteiger charge is -2.42. The van der Waals surface area contributed by atoms with E-state index in [0.29, 0.717) is 38.3 Å². The van der Waals surface area contributed by atoms with E-state index in [2.05, 4.69) is 16.0 Å². The van der Waals surface area contributed by atoms with Crippen molar-refractivity contribution >= 4 is 21.9 Å². The number of allylic oxidation sites excluding steroid dienone is 3. The van der Waals surface area contributed by atoms with Crippen LogP contribution in [-0.4, -0.2) is 80.9 Å². The highest BCUT2D eigenvalue weighted by atomic mass is 32.2. The topological polar surface area (TPSA) is 101 Å². The number of nitrogens with two attached hydrogens (primary N) is 1. The molecule has 2 atom stereocenters. The molecule has 2 aliphatic heterocycles. The highest BCUT2D eigenvalue weighted by Crippen LogP contribution is 2.41. The highest BCUT2D eigenvalue weighted by Gasteiger charge is 2.52. The van der Waals surface area contributed by atoms with Crippen LogP contribution in [0, 0.1) is 0 Å². The fourth-order valence-electron chi connectivity index (χ4n) is 3.76. The van der Waals surface area contributed by atoms with Gasteiger partial charge in [0.25, 0.3) is 0 Å². The third-order valence-corrected chi connectivity index (χ3v) is 7.17. The Morgan fingerprint density at radius 2 is 2.11 bits per heavy atom. The first kappa shape index (κ1) is 20.9. The van der Waals surface area contributed by atoms with Crippen LogP contribution in [-0.2, 0) is 14.8 Å². The van der Waals surface area contributed by atoms with E-state index in [0.717, 1.165) is 11.4 Å². The van der Waals surface area contributed by atoms with Crippen molar-refractivity contribution in [3.63, 3.8) is 0 Å². The van der Waals surface area contributed by atoms with Gasteiger partial charge < -0.3 is 10.5 Å². The third-order valence-electron chi connectivity index (χ3n) is 5.25. The van der Waals surface area contributed by atoms with E-state index in [1.165, 1.54) is 4.31 Å². The van der Waals surface area contributed by atoms with Crippen LogP contribution in [0.15, 0.2) is 45.7 Å². The van der Waals surface area contributed by atoms with Crippen molar-refractivity contribution in [2.75, 3.05) is 39.6 Å². The molecule has 8 nitrogen and oxygen atoms in total. The van der Waals surface area contributed by atoms with Crippen molar-refractivity contribution in [3.05, 3.63) is 35.7 Å². The Labute approximate surface area is 167 Å². The van der Waals surface area contributed by atoms with Crippen LogP contribution < -0.4 is 5.73 Å². The molecule has 0 bridgehead atoms. The van der Waals surface area contributed by atoms with E-state index in [1.807, 2.05) is 25.2 Å².